The molecular formula is C17H29N3O. The Balaban J connectivity index is 2.62. The van der Waals surface area contributed by atoms with Gasteiger partial charge in [0.15, 0.2) is 5.96 Å². The normalized spacial score (nSPS) is 13.1. The smallest absolute Gasteiger partial charge is 0.191 e. The number of nitrogens with zero attached hydrogens (tertiary/aromatic N) is 1. The number of hydrogen-bond acceptors (Lipinski definition) is 2. The van der Waals surface area contributed by atoms with E-state index >= 15 is 0 Å². The highest BCUT2D eigenvalue weighted by Crippen LogP contribution is 2.14. The maximum Gasteiger partial charge on any atom is 0.191 e. The van der Waals surface area contributed by atoms with Gasteiger partial charge in [-0.2, -0.15) is 0 Å². The van der Waals surface area contributed by atoms with Crippen LogP contribution in [0.1, 0.15) is 46.6 Å². The van der Waals surface area contributed by atoms with E-state index in [1.165, 1.54) is 5.56 Å². The largest absolute Gasteiger partial charge is 0.491 e. The molecule has 0 bridgehead atoms. The molecule has 2 N–H and O–H groups in total. The molecule has 0 aliphatic heterocycles. The van der Waals surface area contributed by atoms with E-state index in [-0.39, 0.29) is 6.10 Å². The van der Waals surface area contributed by atoms with Gasteiger partial charge in [-0.25, -0.2) is 4.99 Å². The van der Waals surface area contributed by atoms with Crippen LogP contribution in [0, 0.1) is 0 Å². The first-order valence-corrected chi connectivity index (χ1v) is 7.85. The molecule has 4 nitrogen and oxygen atoms in total. The molecule has 0 aliphatic rings. The summed E-state index contributed by atoms with van der Waals surface area (Å²) in [6, 6.07) is 8.55. The average molecular weight is 291 g/mol. The number of hydrogen-bond donors (Lipinski definition) is 2. The minimum Gasteiger partial charge on any atom is -0.491 e. The van der Waals surface area contributed by atoms with Gasteiger partial charge in [-0.05, 0) is 51.8 Å². The Hall–Kier alpha value is -1.71. The summed E-state index contributed by atoms with van der Waals surface area (Å²) in [7, 11) is 0. The summed E-state index contributed by atoms with van der Waals surface area (Å²) in [4.78, 5) is 4.62. The average Bonchev–Trinajstić information content (AvgIpc) is 2.45. The lowest BCUT2D eigenvalue weighted by Gasteiger charge is -2.16. The minimum absolute atomic E-state index is 0.203. The van der Waals surface area contributed by atoms with Crippen molar-refractivity contribution in [2.45, 2.75) is 59.7 Å². The maximum absolute atomic E-state index is 5.64. The van der Waals surface area contributed by atoms with Crippen molar-refractivity contribution in [1.82, 2.24) is 10.6 Å². The molecule has 0 aliphatic carbocycles. The third kappa shape index (κ3) is 7.02. The van der Waals surface area contributed by atoms with E-state index in [1.807, 2.05) is 26.0 Å². The van der Waals surface area contributed by atoms with Crippen LogP contribution in [0.25, 0.3) is 0 Å². The summed E-state index contributed by atoms with van der Waals surface area (Å²) in [5.74, 6) is 1.77. The van der Waals surface area contributed by atoms with Gasteiger partial charge in [0.05, 0.1) is 12.6 Å². The standard InChI is InChI=1S/C17H29N3O/c1-6-14(5)20-17(18-7-2)19-12-15-8-10-16(11-9-15)21-13(3)4/h8-11,13-14H,6-7,12H2,1-5H3,(H2,18,19,20). The number of benzene rings is 1. The van der Waals surface area contributed by atoms with Crippen molar-refractivity contribution in [3.8, 4) is 5.75 Å². The van der Waals surface area contributed by atoms with Crippen molar-refractivity contribution in [2.75, 3.05) is 6.54 Å². The van der Waals surface area contributed by atoms with Crippen molar-refractivity contribution < 1.29 is 4.74 Å². The van der Waals surface area contributed by atoms with E-state index in [4.69, 9.17) is 4.74 Å². The van der Waals surface area contributed by atoms with Gasteiger partial charge < -0.3 is 15.4 Å². The quantitative estimate of drug-likeness (QED) is 0.598. The molecule has 0 radical (unpaired) electrons. The maximum atomic E-state index is 5.64. The Kier molecular flexibility index (Phi) is 7.65. The Morgan fingerprint density at radius 2 is 1.81 bits per heavy atom. The van der Waals surface area contributed by atoms with Crippen LogP contribution < -0.4 is 15.4 Å². The third-order valence-corrected chi connectivity index (χ3v) is 3.05. The van der Waals surface area contributed by atoms with Crippen molar-refractivity contribution in [1.29, 1.82) is 0 Å². The number of guanidine groups is 1. The van der Waals surface area contributed by atoms with Gasteiger partial charge in [0, 0.05) is 12.6 Å². The van der Waals surface area contributed by atoms with Gasteiger partial charge in [-0.15, -0.1) is 0 Å². The van der Waals surface area contributed by atoms with Crippen molar-refractivity contribution >= 4 is 5.96 Å². The summed E-state index contributed by atoms with van der Waals surface area (Å²) in [6.07, 6.45) is 1.28. The number of ether oxygens (including phenoxy) is 1. The van der Waals surface area contributed by atoms with Crippen LogP contribution in [0.2, 0.25) is 0 Å². The molecule has 1 rings (SSSR count). The predicted molar refractivity (Wildman–Crippen MR) is 89.9 cm³/mol. The van der Waals surface area contributed by atoms with Gasteiger partial charge in [0.2, 0.25) is 0 Å². The van der Waals surface area contributed by atoms with Crippen LogP contribution in [-0.2, 0) is 6.54 Å². The van der Waals surface area contributed by atoms with Gasteiger partial charge in [0.1, 0.15) is 5.75 Å². The molecule has 1 aromatic carbocycles. The Morgan fingerprint density at radius 1 is 1.14 bits per heavy atom. The Morgan fingerprint density at radius 3 is 2.33 bits per heavy atom. The fourth-order valence-corrected chi connectivity index (χ4v) is 1.77. The molecule has 0 fully saturated rings. The summed E-state index contributed by atoms with van der Waals surface area (Å²) in [5.41, 5.74) is 1.17. The summed E-state index contributed by atoms with van der Waals surface area (Å²) < 4.78 is 5.64. The highest BCUT2D eigenvalue weighted by atomic mass is 16.5. The van der Waals surface area contributed by atoms with E-state index in [0.29, 0.717) is 12.6 Å². The van der Waals surface area contributed by atoms with Crippen LogP contribution in [-0.4, -0.2) is 24.7 Å². The zero-order valence-electron chi connectivity index (χ0n) is 13.9. The Bertz CT molecular complexity index is 426. The van der Waals surface area contributed by atoms with Crippen LogP contribution in [0.3, 0.4) is 0 Å². The topological polar surface area (TPSA) is 45.7 Å². The predicted octanol–water partition coefficient (Wildman–Crippen LogP) is 3.33. The monoisotopic (exact) mass is 291 g/mol. The van der Waals surface area contributed by atoms with E-state index in [2.05, 4.69) is 48.5 Å². The molecular weight excluding hydrogens is 262 g/mol. The van der Waals surface area contributed by atoms with E-state index in [1.54, 1.807) is 0 Å². The zero-order valence-corrected chi connectivity index (χ0v) is 13.9. The van der Waals surface area contributed by atoms with Crippen molar-refractivity contribution in [3.63, 3.8) is 0 Å². The second kappa shape index (κ2) is 9.27. The molecule has 4 heteroatoms. The third-order valence-electron chi connectivity index (χ3n) is 3.05. The van der Waals surface area contributed by atoms with E-state index < -0.39 is 0 Å². The molecule has 0 saturated carbocycles. The lowest BCUT2D eigenvalue weighted by atomic mass is 10.2. The molecule has 0 aromatic heterocycles. The molecule has 0 saturated heterocycles. The van der Waals surface area contributed by atoms with Crippen LogP contribution in [0.5, 0.6) is 5.75 Å². The summed E-state index contributed by atoms with van der Waals surface area (Å²) in [5, 5.41) is 6.66. The summed E-state index contributed by atoms with van der Waals surface area (Å²) >= 11 is 0. The molecule has 1 atom stereocenters. The molecule has 118 valence electrons. The van der Waals surface area contributed by atoms with Gasteiger partial charge in [-0.1, -0.05) is 19.1 Å². The second-order valence-corrected chi connectivity index (χ2v) is 5.46. The first kappa shape index (κ1) is 17.3. The molecule has 1 unspecified atom stereocenters. The molecule has 1 aromatic rings. The van der Waals surface area contributed by atoms with E-state index in [9.17, 15) is 0 Å². The minimum atomic E-state index is 0.203. The van der Waals surface area contributed by atoms with Gasteiger partial charge in [0.25, 0.3) is 0 Å². The first-order valence-electron chi connectivity index (χ1n) is 7.85. The second-order valence-electron chi connectivity index (χ2n) is 5.46. The summed E-state index contributed by atoms with van der Waals surface area (Å²) in [6.45, 7) is 12.0. The number of nitrogens with one attached hydrogen (secondary N) is 2. The van der Waals surface area contributed by atoms with Crippen molar-refractivity contribution in [3.05, 3.63) is 29.8 Å². The number of rotatable bonds is 7. The van der Waals surface area contributed by atoms with Gasteiger partial charge >= 0.3 is 0 Å². The fourth-order valence-electron chi connectivity index (χ4n) is 1.77. The molecule has 0 spiro atoms. The van der Waals surface area contributed by atoms with Crippen molar-refractivity contribution in [2.24, 2.45) is 4.99 Å². The lowest BCUT2D eigenvalue weighted by Crippen LogP contribution is -2.41. The Labute approximate surface area is 129 Å². The molecule has 0 amide bonds. The fraction of sp³-hybridized carbons (Fsp3) is 0.588. The van der Waals surface area contributed by atoms with Crippen LogP contribution in [0.4, 0.5) is 0 Å². The highest BCUT2D eigenvalue weighted by Gasteiger charge is 2.03. The van der Waals surface area contributed by atoms with Crippen LogP contribution in [0.15, 0.2) is 29.3 Å². The molecule has 0 heterocycles. The zero-order chi connectivity index (χ0) is 15.7. The van der Waals surface area contributed by atoms with Crippen LogP contribution >= 0.6 is 0 Å². The SMILES string of the molecule is CCNC(=NCc1ccc(OC(C)C)cc1)NC(C)CC. The van der Waals surface area contributed by atoms with E-state index in [0.717, 1.165) is 24.7 Å². The molecule has 21 heavy (non-hydrogen) atoms. The van der Waals surface area contributed by atoms with Gasteiger partial charge in [-0.3, -0.25) is 0 Å². The first-order chi connectivity index (χ1) is 10.0. The lowest BCUT2D eigenvalue weighted by molar-refractivity contribution is 0.242. The highest BCUT2D eigenvalue weighted by molar-refractivity contribution is 5.80. The number of aliphatic imine (C=N–C) groups is 1.